The number of rotatable bonds is 7. The minimum absolute atomic E-state index is 0.00301. The standard InChI is InChI=1S/C16H30N2O2S/c1-7-11(5)13-16(20)18(12(6)9-21-8-2)14(10(3)4)15(19)17-13/h10-14H,7-9H2,1-6H3,(H,17,19). The highest BCUT2D eigenvalue weighted by molar-refractivity contribution is 7.99. The Labute approximate surface area is 133 Å². The fraction of sp³-hybridized carbons (Fsp3) is 0.875. The highest BCUT2D eigenvalue weighted by Crippen LogP contribution is 2.25. The molecule has 0 spiro atoms. The zero-order valence-corrected chi connectivity index (χ0v) is 15.0. The van der Waals surface area contributed by atoms with Crippen LogP contribution in [-0.2, 0) is 9.59 Å². The molecule has 0 aliphatic carbocycles. The van der Waals surface area contributed by atoms with E-state index in [2.05, 4.69) is 26.1 Å². The summed E-state index contributed by atoms with van der Waals surface area (Å²) >= 11 is 1.82. The van der Waals surface area contributed by atoms with E-state index in [-0.39, 0.29) is 41.8 Å². The summed E-state index contributed by atoms with van der Waals surface area (Å²) in [7, 11) is 0. The topological polar surface area (TPSA) is 49.4 Å². The molecular formula is C16H30N2O2S. The Balaban J connectivity index is 3.03. The van der Waals surface area contributed by atoms with Gasteiger partial charge in [-0.1, -0.05) is 41.0 Å². The maximum atomic E-state index is 12.9. The van der Waals surface area contributed by atoms with E-state index in [4.69, 9.17) is 0 Å². The Morgan fingerprint density at radius 3 is 2.29 bits per heavy atom. The minimum Gasteiger partial charge on any atom is -0.342 e. The minimum atomic E-state index is -0.369. The lowest BCUT2D eigenvalue weighted by molar-refractivity contribution is -0.154. The molecule has 0 aromatic rings. The summed E-state index contributed by atoms with van der Waals surface area (Å²) in [5.74, 6) is 2.30. The Morgan fingerprint density at radius 2 is 1.81 bits per heavy atom. The van der Waals surface area contributed by atoms with Gasteiger partial charge in [0.15, 0.2) is 0 Å². The summed E-state index contributed by atoms with van der Waals surface area (Å²) in [5, 5.41) is 2.95. The van der Waals surface area contributed by atoms with Gasteiger partial charge in [-0.05, 0) is 24.5 Å². The van der Waals surface area contributed by atoms with E-state index in [9.17, 15) is 9.59 Å². The summed E-state index contributed by atoms with van der Waals surface area (Å²) in [6.07, 6.45) is 0.884. The summed E-state index contributed by atoms with van der Waals surface area (Å²) in [6.45, 7) is 12.3. The Hall–Kier alpha value is -0.710. The van der Waals surface area contributed by atoms with E-state index in [1.807, 2.05) is 37.4 Å². The van der Waals surface area contributed by atoms with Gasteiger partial charge in [-0.15, -0.1) is 0 Å². The molecule has 1 N–H and O–H groups in total. The predicted molar refractivity (Wildman–Crippen MR) is 89.3 cm³/mol. The van der Waals surface area contributed by atoms with Gasteiger partial charge in [0.25, 0.3) is 0 Å². The molecule has 5 heteroatoms. The van der Waals surface area contributed by atoms with Gasteiger partial charge in [-0.25, -0.2) is 0 Å². The summed E-state index contributed by atoms with van der Waals surface area (Å²) in [6, 6.07) is -0.621. The van der Waals surface area contributed by atoms with Crippen LogP contribution in [0.2, 0.25) is 0 Å². The van der Waals surface area contributed by atoms with Crippen LogP contribution < -0.4 is 5.32 Å². The van der Waals surface area contributed by atoms with Crippen molar-refractivity contribution < 1.29 is 9.59 Å². The van der Waals surface area contributed by atoms with Crippen LogP contribution in [0.1, 0.15) is 48.0 Å². The number of carbonyl (C=O) groups excluding carboxylic acids is 2. The Bertz CT molecular complexity index is 373. The van der Waals surface area contributed by atoms with Gasteiger partial charge in [-0.2, -0.15) is 11.8 Å². The zero-order valence-electron chi connectivity index (χ0n) is 14.2. The molecule has 0 saturated carbocycles. The number of nitrogens with zero attached hydrogens (tertiary/aromatic N) is 1. The molecular weight excluding hydrogens is 284 g/mol. The second-order valence-corrected chi connectivity index (χ2v) is 7.63. The van der Waals surface area contributed by atoms with Gasteiger partial charge in [0.1, 0.15) is 12.1 Å². The number of nitrogens with one attached hydrogen (secondary N) is 1. The normalized spacial score (nSPS) is 26.0. The molecule has 21 heavy (non-hydrogen) atoms. The van der Waals surface area contributed by atoms with E-state index in [1.165, 1.54) is 0 Å². The predicted octanol–water partition coefficient (Wildman–Crippen LogP) is 2.53. The van der Waals surface area contributed by atoms with Crippen molar-refractivity contribution in [1.82, 2.24) is 10.2 Å². The molecule has 1 rings (SSSR count). The van der Waals surface area contributed by atoms with Crippen LogP contribution >= 0.6 is 11.8 Å². The molecule has 0 radical (unpaired) electrons. The van der Waals surface area contributed by atoms with Crippen molar-refractivity contribution in [2.45, 2.75) is 66.1 Å². The molecule has 1 saturated heterocycles. The molecule has 2 amide bonds. The fourth-order valence-electron chi connectivity index (χ4n) is 2.83. The molecule has 1 aliphatic heterocycles. The SMILES string of the molecule is CCSCC(C)N1C(=O)C(C(C)CC)NC(=O)C1C(C)C. The second-order valence-electron chi connectivity index (χ2n) is 6.31. The van der Waals surface area contributed by atoms with Crippen LogP contribution in [0.5, 0.6) is 0 Å². The number of hydrogen-bond acceptors (Lipinski definition) is 3. The largest absolute Gasteiger partial charge is 0.342 e. The average molecular weight is 314 g/mol. The highest BCUT2D eigenvalue weighted by atomic mass is 32.2. The molecule has 1 heterocycles. The number of piperazine rings is 1. The Morgan fingerprint density at radius 1 is 1.19 bits per heavy atom. The van der Waals surface area contributed by atoms with E-state index in [0.717, 1.165) is 17.9 Å². The van der Waals surface area contributed by atoms with Crippen LogP contribution in [0.4, 0.5) is 0 Å². The first-order valence-corrected chi connectivity index (χ1v) is 9.20. The lowest BCUT2D eigenvalue weighted by Crippen LogP contribution is -2.68. The zero-order chi connectivity index (χ0) is 16.2. The van der Waals surface area contributed by atoms with Crippen molar-refractivity contribution in [3.63, 3.8) is 0 Å². The van der Waals surface area contributed by atoms with Crippen molar-refractivity contribution in [1.29, 1.82) is 0 Å². The van der Waals surface area contributed by atoms with Crippen molar-refractivity contribution in [3.05, 3.63) is 0 Å². The third kappa shape index (κ3) is 4.15. The number of carbonyl (C=O) groups is 2. The van der Waals surface area contributed by atoms with Crippen LogP contribution in [-0.4, -0.2) is 46.3 Å². The molecule has 0 aromatic carbocycles. The van der Waals surface area contributed by atoms with Crippen molar-refractivity contribution >= 4 is 23.6 Å². The summed E-state index contributed by atoms with van der Waals surface area (Å²) in [5.41, 5.74) is 0. The van der Waals surface area contributed by atoms with Gasteiger partial charge in [0.2, 0.25) is 11.8 Å². The second kappa shape index (κ2) is 8.06. The molecule has 1 fully saturated rings. The summed E-state index contributed by atoms with van der Waals surface area (Å²) < 4.78 is 0. The maximum Gasteiger partial charge on any atom is 0.246 e. The van der Waals surface area contributed by atoms with Crippen molar-refractivity contribution in [2.75, 3.05) is 11.5 Å². The molecule has 122 valence electrons. The first-order valence-electron chi connectivity index (χ1n) is 8.05. The van der Waals surface area contributed by atoms with Gasteiger partial charge < -0.3 is 10.2 Å². The number of thioether (sulfide) groups is 1. The monoisotopic (exact) mass is 314 g/mol. The smallest absolute Gasteiger partial charge is 0.246 e. The third-order valence-corrected chi connectivity index (χ3v) is 5.40. The number of hydrogen-bond donors (Lipinski definition) is 1. The average Bonchev–Trinajstić information content (AvgIpc) is 2.44. The molecule has 0 aromatic heterocycles. The van der Waals surface area contributed by atoms with Crippen LogP contribution in [0.25, 0.3) is 0 Å². The summed E-state index contributed by atoms with van der Waals surface area (Å²) in [4.78, 5) is 27.2. The van der Waals surface area contributed by atoms with Crippen molar-refractivity contribution in [3.8, 4) is 0 Å². The van der Waals surface area contributed by atoms with Crippen LogP contribution in [0.15, 0.2) is 0 Å². The van der Waals surface area contributed by atoms with E-state index in [1.54, 1.807) is 0 Å². The van der Waals surface area contributed by atoms with Gasteiger partial charge >= 0.3 is 0 Å². The maximum absolute atomic E-state index is 12.9. The Kier molecular flexibility index (Phi) is 7.04. The van der Waals surface area contributed by atoms with Crippen molar-refractivity contribution in [2.24, 2.45) is 11.8 Å². The molecule has 4 nitrogen and oxygen atoms in total. The lowest BCUT2D eigenvalue weighted by Gasteiger charge is -2.45. The molecule has 0 bridgehead atoms. The molecule has 1 aliphatic rings. The first-order chi connectivity index (χ1) is 9.84. The van der Waals surface area contributed by atoms with E-state index in [0.29, 0.717) is 0 Å². The first kappa shape index (κ1) is 18.3. The lowest BCUT2D eigenvalue weighted by atomic mass is 9.90. The third-order valence-electron chi connectivity index (χ3n) is 4.27. The van der Waals surface area contributed by atoms with Gasteiger partial charge in [-0.3, -0.25) is 9.59 Å². The van der Waals surface area contributed by atoms with E-state index < -0.39 is 0 Å². The van der Waals surface area contributed by atoms with Crippen LogP contribution in [0.3, 0.4) is 0 Å². The van der Waals surface area contributed by atoms with Gasteiger partial charge in [0.05, 0.1) is 0 Å². The van der Waals surface area contributed by atoms with Gasteiger partial charge in [0, 0.05) is 11.8 Å². The molecule has 4 atom stereocenters. The fourth-order valence-corrected chi connectivity index (χ4v) is 3.57. The quantitative estimate of drug-likeness (QED) is 0.785. The highest BCUT2D eigenvalue weighted by Gasteiger charge is 2.45. The number of amides is 2. The van der Waals surface area contributed by atoms with E-state index >= 15 is 0 Å². The molecule has 4 unspecified atom stereocenters. The van der Waals surface area contributed by atoms with Crippen LogP contribution in [0, 0.1) is 11.8 Å².